The van der Waals surface area contributed by atoms with E-state index in [2.05, 4.69) is 26.1 Å². The second-order valence-corrected chi connectivity index (χ2v) is 8.39. The van der Waals surface area contributed by atoms with E-state index in [0.29, 0.717) is 5.56 Å². The molecule has 1 N–H and O–H groups in total. The fraction of sp³-hybridized carbons (Fsp3) is 0.600. The van der Waals surface area contributed by atoms with Crippen LogP contribution in [-0.4, -0.2) is 17.2 Å². The van der Waals surface area contributed by atoms with E-state index in [9.17, 15) is 9.59 Å². The highest BCUT2D eigenvalue weighted by Crippen LogP contribution is 2.26. The van der Waals surface area contributed by atoms with Gasteiger partial charge in [0.1, 0.15) is 0 Å². The molecule has 0 saturated carbocycles. The van der Waals surface area contributed by atoms with Crippen LogP contribution >= 0.6 is 0 Å². The van der Waals surface area contributed by atoms with E-state index in [1.165, 1.54) is 5.56 Å². The molecular weight excluding hydrogens is 286 g/mol. The minimum Gasteiger partial charge on any atom is -0.351 e. The Morgan fingerprint density at radius 1 is 0.957 bits per heavy atom. The van der Waals surface area contributed by atoms with Crippen LogP contribution in [0.15, 0.2) is 18.2 Å². The van der Waals surface area contributed by atoms with Crippen LogP contribution in [-0.2, 0) is 4.79 Å². The van der Waals surface area contributed by atoms with Gasteiger partial charge in [0.05, 0.1) is 0 Å². The maximum Gasteiger partial charge on any atom is 0.220 e. The van der Waals surface area contributed by atoms with Gasteiger partial charge in [-0.2, -0.15) is 0 Å². The molecular formula is C20H31NO2. The number of hydrogen-bond acceptors (Lipinski definition) is 2. The highest BCUT2D eigenvalue weighted by atomic mass is 16.2. The lowest BCUT2D eigenvalue weighted by Crippen LogP contribution is -2.45. The van der Waals surface area contributed by atoms with E-state index in [1.807, 2.05) is 45.9 Å². The molecule has 0 heterocycles. The number of aryl methyl sites for hydroxylation is 2. The minimum absolute atomic E-state index is 0.0249. The summed E-state index contributed by atoms with van der Waals surface area (Å²) in [6.45, 7) is 14.5. The fourth-order valence-corrected chi connectivity index (χ4v) is 3.10. The van der Waals surface area contributed by atoms with Gasteiger partial charge < -0.3 is 5.32 Å². The summed E-state index contributed by atoms with van der Waals surface area (Å²) in [7, 11) is 0. The molecule has 0 aliphatic carbocycles. The fourth-order valence-electron chi connectivity index (χ4n) is 3.10. The van der Waals surface area contributed by atoms with Crippen molar-refractivity contribution in [1.82, 2.24) is 5.32 Å². The van der Waals surface area contributed by atoms with Gasteiger partial charge in [-0.05, 0) is 56.7 Å². The number of amides is 1. The first-order valence-electron chi connectivity index (χ1n) is 8.31. The molecule has 23 heavy (non-hydrogen) atoms. The third kappa shape index (κ3) is 6.98. The van der Waals surface area contributed by atoms with E-state index in [1.54, 1.807) is 0 Å². The molecule has 0 unspecified atom stereocenters. The van der Waals surface area contributed by atoms with Crippen LogP contribution in [0.25, 0.3) is 0 Å². The minimum atomic E-state index is -0.265. The van der Waals surface area contributed by atoms with Gasteiger partial charge in [0.2, 0.25) is 5.91 Å². The first kappa shape index (κ1) is 19.4. The first-order valence-corrected chi connectivity index (χ1v) is 8.31. The second kappa shape index (κ2) is 7.29. The number of benzene rings is 1. The molecule has 0 radical (unpaired) electrons. The Balaban J connectivity index is 2.55. The molecule has 0 bridgehead atoms. The smallest absolute Gasteiger partial charge is 0.220 e. The Morgan fingerprint density at radius 2 is 1.57 bits per heavy atom. The highest BCUT2D eigenvalue weighted by Gasteiger charge is 2.27. The summed E-state index contributed by atoms with van der Waals surface area (Å²) in [5.74, 6) is -0.0340. The van der Waals surface area contributed by atoms with Crippen LogP contribution in [0.1, 0.15) is 75.4 Å². The average Bonchev–Trinajstić information content (AvgIpc) is 2.35. The molecule has 1 rings (SSSR count). The van der Waals surface area contributed by atoms with Crippen molar-refractivity contribution in [3.8, 4) is 0 Å². The van der Waals surface area contributed by atoms with Crippen LogP contribution in [0.2, 0.25) is 0 Å². The topological polar surface area (TPSA) is 46.2 Å². The van der Waals surface area contributed by atoms with Gasteiger partial charge >= 0.3 is 0 Å². The zero-order chi connectivity index (χ0) is 17.8. The van der Waals surface area contributed by atoms with Crippen LogP contribution in [0.5, 0.6) is 0 Å². The van der Waals surface area contributed by atoms with E-state index in [0.717, 1.165) is 12.0 Å². The number of Topliss-reactive ketones (excluding diaryl/α,β-unsaturated/α-hetero) is 1. The summed E-state index contributed by atoms with van der Waals surface area (Å²) in [5, 5.41) is 3.05. The van der Waals surface area contributed by atoms with Crippen LogP contribution in [0.4, 0.5) is 0 Å². The standard InChI is InChI=1S/C20H31NO2/c1-14-8-9-16(12-15(14)2)17(22)10-11-18(23)21-20(6,7)13-19(3,4)5/h8-9,12H,10-11,13H2,1-7H3,(H,21,23). The van der Waals surface area contributed by atoms with Gasteiger partial charge in [-0.15, -0.1) is 0 Å². The Hall–Kier alpha value is -1.64. The summed E-state index contributed by atoms with van der Waals surface area (Å²) in [5.41, 5.74) is 2.84. The van der Waals surface area contributed by atoms with Crippen LogP contribution in [0.3, 0.4) is 0 Å². The lowest BCUT2D eigenvalue weighted by molar-refractivity contribution is -0.122. The summed E-state index contributed by atoms with van der Waals surface area (Å²) in [6.07, 6.45) is 1.37. The molecule has 1 amide bonds. The molecule has 0 saturated heterocycles. The highest BCUT2D eigenvalue weighted by molar-refractivity contribution is 5.98. The Morgan fingerprint density at radius 3 is 2.09 bits per heavy atom. The monoisotopic (exact) mass is 317 g/mol. The molecule has 0 atom stereocenters. The molecule has 1 aromatic carbocycles. The summed E-state index contributed by atoms with van der Waals surface area (Å²) in [6, 6.07) is 5.69. The Labute approximate surface area is 140 Å². The van der Waals surface area contributed by atoms with Gasteiger partial charge in [-0.3, -0.25) is 9.59 Å². The number of rotatable bonds is 6. The molecule has 0 aliphatic heterocycles. The average molecular weight is 317 g/mol. The van der Waals surface area contributed by atoms with Crippen molar-refractivity contribution >= 4 is 11.7 Å². The van der Waals surface area contributed by atoms with Crippen molar-refractivity contribution in [3.63, 3.8) is 0 Å². The zero-order valence-corrected chi connectivity index (χ0v) is 15.7. The van der Waals surface area contributed by atoms with Crippen molar-refractivity contribution in [2.75, 3.05) is 0 Å². The largest absolute Gasteiger partial charge is 0.351 e. The number of carbonyl (C=O) groups excluding carboxylic acids is 2. The van der Waals surface area contributed by atoms with Crippen molar-refractivity contribution < 1.29 is 9.59 Å². The quantitative estimate of drug-likeness (QED) is 0.780. The summed E-state index contributed by atoms with van der Waals surface area (Å²) < 4.78 is 0. The lowest BCUT2D eigenvalue weighted by atomic mass is 9.81. The molecule has 1 aromatic rings. The van der Waals surface area contributed by atoms with Gasteiger partial charge in [-0.1, -0.05) is 32.9 Å². The van der Waals surface area contributed by atoms with Crippen molar-refractivity contribution in [2.45, 2.75) is 73.3 Å². The third-order valence-corrected chi connectivity index (χ3v) is 3.86. The molecule has 128 valence electrons. The van der Waals surface area contributed by atoms with Gasteiger partial charge in [0, 0.05) is 23.9 Å². The molecule has 3 nitrogen and oxygen atoms in total. The van der Waals surface area contributed by atoms with Crippen molar-refractivity contribution in [3.05, 3.63) is 34.9 Å². The molecule has 0 aliphatic rings. The first-order chi connectivity index (χ1) is 10.4. The van der Waals surface area contributed by atoms with E-state index < -0.39 is 0 Å². The third-order valence-electron chi connectivity index (χ3n) is 3.86. The molecule has 0 aromatic heterocycles. The van der Waals surface area contributed by atoms with Gasteiger partial charge in [0.25, 0.3) is 0 Å². The number of carbonyl (C=O) groups is 2. The maximum atomic E-state index is 12.2. The van der Waals surface area contributed by atoms with Gasteiger partial charge in [0.15, 0.2) is 5.78 Å². The van der Waals surface area contributed by atoms with Crippen molar-refractivity contribution in [2.24, 2.45) is 5.41 Å². The normalized spacial score (nSPS) is 12.1. The van der Waals surface area contributed by atoms with E-state index >= 15 is 0 Å². The SMILES string of the molecule is Cc1ccc(C(=O)CCC(=O)NC(C)(C)CC(C)(C)C)cc1C. The number of hydrogen-bond donors (Lipinski definition) is 1. The Kier molecular flexibility index (Phi) is 6.15. The van der Waals surface area contributed by atoms with E-state index in [4.69, 9.17) is 0 Å². The second-order valence-electron chi connectivity index (χ2n) is 8.39. The predicted octanol–water partition coefficient (Wildman–Crippen LogP) is 4.60. The zero-order valence-electron chi connectivity index (χ0n) is 15.7. The number of ketones is 1. The summed E-state index contributed by atoms with van der Waals surface area (Å²) >= 11 is 0. The maximum absolute atomic E-state index is 12.2. The summed E-state index contributed by atoms with van der Waals surface area (Å²) in [4.78, 5) is 24.4. The molecule has 3 heteroatoms. The van der Waals surface area contributed by atoms with Gasteiger partial charge in [-0.25, -0.2) is 0 Å². The van der Waals surface area contributed by atoms with E-state index in [-0.39, 0.29) is 35.5 Å². The van der Waals surface area contributed by atoms with Crippen LogP contribution < -0.4 is 5.32 Å². The lowest BCUT2D eigenvalue weighted by Gasteiger charge is -2.33. The molecule has 0 fully saturated rings. The van der Waals surface area contributed by atoms with Crippen LogP contribution in [0, 0.1) is 19.3 Å². The molecule has 0 spiro atoms. The predicted molar refractivity (Wildman–Crippen MR) is 95.8 cm³/mol. The number of nitrogens with one attached hydrogen (secondary N) is 1. The van der Waals surface area contributed by atoms with Crippen molar-refractivity contribution in [1.29, 1.82) is 0 Å². The Bertz CT molecular complexity index is 580.